The van der Waals surface area contributed by atoms with Gasteiger partial charge in [0.15, 0.2) is 5.82 Å². The first-order valence-electron chi connectivity index (χ1n) is 5.63. The van der Waals surface area contributed by atoms with Crippen LogP contribution in [0.25, 0.3) is 0 Å². The molecule has 0 bridgehead atoms. The summed E-state index contributed by atoms with van der Waals surface area (Å²) in [5.74, 6) is 2.15. The highest BCUT2D eigenvalue weighted by Crippen LogP contribution is 2.40. The molecule has 1 aliphatic rings. The van der Waals surface area contributed by atoms with Gasteiger partial charge in [-0.05, 0) is 18.6 Å². The van der Waals surface area contributed by atoms with Gasteiger partial charge in [0, 0.05) is 16.6 Å². The summed E-state index contributed by atoms with van der Waals surface area (Å²) in [7, 11) is 0. The van der Waals surface area contributed by atoms with Crippen LogP contribution in [-0.2, 0) is 6.54 Å². The molecular formula is C12H14N4S. The zero-order valence-electron chi connectivity index (χ0n) is 9.63. The molecule has 0 spiro atoms. The molecule has 0 aliphatic carbocycles. The van der Waals surface area contributed by atoms with Crippen molar-refractivity contribution in [3.8, 4) is 0 Å². The van der Waals surface area contributed by atoms with Crippen molar-refractivity contribution in [3.63, 3.8) is 0 Å². The van der Waals surface area contributed by atoms with Crippen molar-refractivity contribution in [1.82, 2.24) is 15.0 Å². The molecule has 3 rings (SSSR count). The second-order valence-electron chi connectivity index (χ2n) is 4.29. The van der Waals surface area contributed by atoms with Crippen molar-refractivity contribution in [3.05, 3.63) is 35.5 Å². The number of thioether (sulfide) groups is 1. The fourth-order valence-electron chi connectivity index (χ4n) is 2.14. The smallest absolute Gasteiger partial charge is 0.168 e. The summed E-state index contributed by atoms with van der Waals surface area (Å²) in [4.78, 5) is 1.39. The number of hydrogen-bond acceptors (Lipinski definition) is 4. The molecular weight excluding hydrogens is 232 g/mol. The molecule has 0 radical (unpaired) electrons. The van der Waals surface area contributed by atoms with Crippen LogP contribution in [-0.4, -0.2) is 20.7 Å². The van der Waals surface area contributed by atoms with E-state index in [9.17, 15) is 0 Å². The van der Waals surface area contributed by atoms with Crippen molar-refractivity contribution in [2.45, 2.75) is 24.3 Å². The summed E-state index contributed by atoms with van der Waals surface area (Å²) in [5.41, 5.74) is 8.09. The van der Waals surface area contributed by atoms with Crippen LogP contribution in [0.2, 0.25) is 0 Å². The largest absolute Gasteiger partial charge is 0.381 e. The van der Waals surface area contributed by atoms with Crippen molar-refractivity contribution < 1.29 is 0 Å². The first-order valence-corrected chi connectivity index (χ1v) is 6.61. The van der Waals surface area contributed by atoms with Crippen LogP contribution < -0.4 is 5.73 Å². The van der Waals surface area contributed by atoms with Gasteiger partial charge in [-0.2, -0.15) is 0 Å². The van der Waals surface area contributed by atoms with Crippen molar-refractivity contribution >= 4 is 17.6 Å². The van der Waals surface area contributed by atoms with E-state index in [1.54, 1.807) is 0 Å². The van der Waals surface area contributed by atoms with Crippen LogP contribution in [0.3, 0.4) is 0 Å². The second kappa shape index (κ2) is 4.07. The second-order valence-corrected chi connectivity index (χ2v) is 5.35. The Balaban J connectivity index is 1.86. The lowest BCUT2D eigenvalue weighted by Crippen LogP contribution is -2.11. The van der Waals surface area contributed by atoms with Crippen LogP contribution in [0.15, 0.2) is 29.2 Å². The summed E-state index contributed by atoms with van der Waals surface area (Å²) in [5, 5.41) is 7.98. The van der Waals surface area contributed by atoms with E-state index in [0.717, 1.165) is 18.0 Å². The zero-order valence-corrected chi connectivity index (χ0v) is 10.4. The Morgan fingerprint density at radius 1 is 1.47 bits per heavy atom. The molecule has 2 N–H and O–H groups in total. The van der Waals surface area contributed by atoms with Crippen molar-refractivity contribution in [2.24, 2.45) is 0 Å². The molecule has 88 valence electrons. The Bertz CT molecular complexity index is 549. The maximum Gasteiger partial charge on any atom is 0.168 e. The van der Waals surface area contributed by atoms with Gasteiger partial charge >= 0.3 is 0 Å². The third-order valence-corrected chi connectivity index (χ3v) is 4.46. The minimum absolute atomic E-state index is 0.510. The third kappa shape index (κ3) is 1.80. The summed E-state index contributed by atoms with van der Waals surface area (Å²) < 4.78 is 1.91. The molecule has 17 heavy (non-hydrogen) atoms. The van der Waals surface area contributed by atoms with Gasteiger partial charge in [-0.3, -0.25) is 0 Å². The monoisotopic (exact) mass is 246 g/mol. The number of nitrogen functional groups attached to an aromatic ring is 1. The molecule has 1 atom stereocenters. The number of hydrogen-bond donors (Lipinski definition) is 1. The quantitative estimate of drug-likeness (QED) is 0.881. The molecule has 0 saturated heterocycles. The molecule has 4 nitrogen and oxygen atoms in total. The minimum Gasteiger partial charge on any atom is -0.381 e. The molecule has 2 aromatic rings. The average Bonchev–Trinajstić information content (AvgIpc) is 2.89. The van der Waals surface area contributed by atoms with Crippen molar-refractivity contribution in [2.75, 3.05) is 11.5 Å². The fourth-order valence-corrected chi connectivity index (χ4v) is 3.38. The number of rotatable bonds is 2. The first kappa shape index (κ1) is 10.7. The van der Waals surface area contributed by atoms with Gasteiger partial charge in [0.05, 0.1) is 12.2 Å². The molecule has 1 aliphatic heterocycles. The van der Waals surface area contributed by atoms with Gasteiger partial charge in [-0.15, -0.1) is 16.9 Å². The van der Waals surface area contributed by atoms with Crippen LogP contribution in [0.4, 0.5) is 5.82 Å². The van der Waals surface area contributed by atoms with Crippen LogP contribution >= 0.6 is 11.8 Å². The Morgan fingerprint density at radius 2 is 2.29 bits per heavy atom. The maximum absolute atomic E-state index is 5.71. The van der Waals surface area contributed by atoms with E-state index in [1.807, 2.05) is 23.4 Å². The van der Waals surface area contributed by atoms with Crippen LogP contribution in [0.1, 0.15) is 17.2 Å². The summed E-state index contributed by atoms with van der Waals surface area (Å²) >= 11 is 1.92. The van der Waals surface area contributed by atoms with Crippen LogP contribution in [0, 0.1) is 6.92 Å². The number of benzene rings is 1. The zero-order chi connectivity index (χ0) is 11.8. The average molecular weight is 246 g/mol. The third-order valence-electron chi connectivity index (χ3n) is 3.21. The van der Waals surface area contributed by atoms with E-state index in [1.165, 1.54) is 10.5 Å². The molecule has 0 fully saturated rings. The minimum atomic E-state index is 0.510. The van der Waals surface area contributed by atoms with E-state index >= 15 is 0 Å². The molecule has 0 saturated carbocycles. The Labute approximate surface area is 104 Å². The van der Waals surface area contributed by atoms with E-state index in [0.29, 0.717) is 11.7 Å². The summed E-state index contributed by atoms with van der Waals surface area (Å²) in [6, 6.07) is 8.57. The van der Waals surface area contributed by atoms with E-state index in [2.05, 4.69) is 34.6 Å². The molecule has 1 unspecified atom stereocenters. The molecule has 2 heterocycles. The number of nitrogens with zero attached hydrogens (tertiary/aromatic N) is 3. The predicted molar refractivity (Wildman–Crippen MR) is 69.1 cm³/mol. The van der Waals surface area contributed by atoms with Crippen LogP contribution in [0.5, 0.6) is 0 Å². The van der Waals surface area contributed by atoms with Gasteiger partial charge in [0.2, 0.25) is 0 Å². The lowest BCUT2D eigenvalue weighted by atomic mass is 10.0. The number of fused-ring (bicyclic) bond motifs is 1. The Hall–Kier alpha value is -1.49. The summed E-state index contributed by atoms with van der Waals surface area (Å²) in [6.07, 6.45) is 0. The van der Waals surface area contributed by atoms with Gasteiger partial charge in [-0.1, -0.05) is 23.4 Å². The summed E-state index contributed by atoms with van der Waals surface area (Å²) in [6.45, 7) is 2.82. The van der Waals surface area contributed by atoms with Gasteiger partial charge in [-0.25, -0.2) is 4.68 Å². The molecule has 0 amide bonds. The Kier molecular flexibility index (Phi) is 2.55. The van der Waals surface area contributed by atoms with E-state index < -0.39 is 0 Å². The van der Waals surface area contributed by atoms with E-state index in [-0.39, 0.29) is 0 Å². The number of aromatic nitrogens is 3. The van der Waals surface area contributed by atoms with Gasteiger partial charge in [0.25, 0.3) is 0 Å². The fraction of sp³-hybridized carbons (Fsp3) is 0.333. The van der Waals surface area contributed by atoms with E-state index in [4.69, 9.17) is 5.73 Å². The number of nitrogens with two attached hydrogens (primary N) is 1. The SMILES string of the molecule is Cc1c(N)nnn1CC1CSc2ccccc21. The maximum atomic E-state index is 5.71. The molecule has 5 heteroatoms. The van der Waals surface area contributed by atoms with Gasteiger partial charge < -0.3 is 5.73 Å². The first-order chi connectivity index (χ1) is 8.25. The van der Waals surface area contributed by atoms with Gasteiger partial charge in [0.1, 0.15) is 0 Å². The normalized spacial score (nSPS) is 18.3. The highest BCUT2D eigenvalue weighted by Gasteiger charge is 2.24. The lowest BCUT2D eigenvalue weighted by Gasteiger charge is -2.11. The Morgan fingerprint density at radius 3 is 3.06 bits per heavy atom. The number of anilines is 1. The highest BCUT2D eigenvalue weighted by atomic mass is 32.2. The topological polar surface area (TPSA) is 56.7 Å². The standard InChI is InChI=1S/C12H14N4S/c1-8-12(13)14-15-16(8)6-9-7-17-11-5-3-2-4-10(9)11/h2-5,9H,6-7,13H2,1H3. The predicted octanol–water partition coefficient (Wildman–Crippen LogP) is 2.06. The highest BCUT2D eigenvalue weighted by molar-refractivity contribution is 7.99. The lowest BCUT2D eigenvalue weighted by molar-refractivity contribution is 0.522. The van der Waals surface area contributed by atoms with Crippen molar-refractivity contribution in [1.29, 1.82) is 0 Å². The molecule has 1 aromatic heterocycles. The molecule has 1 aromatic carbocycles.